The van der Waals surface area contributed by atoms with Crippen LogP contribution >= 0.6 is 11.6 Å². The standard InChI is InChI=1S/C17H25ClN2O2/c1-16(2,12-21)7-4-10-19-15(22)20-17(8-9-17)13-5-3-6-14(18)11-13/h3,5-6,11,21H,4,7-10,12H2,1-2H3,(H2,19,20,22). The van der Waals surface area contributed by atoms with E-state index in [1.165, 1.54) is 0 Å². The monoisotopic (exact) mass is 324 g/mol. The molecule has 1 aromatic rings. The third-order valence-electron chi connectivity index (χ3n) is 4.22. The lowest BCUT2D eigenvalue weighted by molar-refractivity contribution is 0.148. The molecule has 0 unspecified atom stereocenters. The molecule has 22 heavy (non-hydrogen) atoms. The minimum absolute atomic E-state index is 0.0866. The lowest BCUT2D eigenvalue weighted by atomic mass is 9.89. The predicted octanol–water partition coefficient (Wildman–Crippen LogP) is 3.43. The molecule has 0 spiro atoms. The summed E-state index contributed by atoms with van der Waals surface area (Å²) >= 11 is 6.03. The molecule has 0 radical (unpaired) electrons. The number of urea groups is 1. The Bertz CT molecular complexity index is 527. The van der Waals surface area contributed by atoms with Crippen molar-refractivity contribution < 1.29 is 9.90 Å². The van der Waals surface area contributed by atoms with Gasteiger partial charge in [0.25, 0.3) is 0 Å². The van der Waals surface area contributed by atoms with Crippen LogP contribution in [0.2, 0.25) is 5.02 Å². The number of hydrogen-bond donors (Lipinski definition) is 3. The summed E-state index contributed by atoms with van der Waals surface area (Å²) in [6, 6.07) is 7.53. The Morgan fingerprint density at radius 2 is 2.14 bits per heavy atom. The summed E-state index contributed by atoms with van der Waals surface area (Å²) in [5.41, 5.74) is 0.729. The first-order valence-corrected chi connectivity index (χ1v) is 8.18. The third kappa shape index (κ3) is 4.62. The molecular formula is C17H25ClN2O2. The Morgan fingerprint density at radius 3 is 2.73 bits per heavy atom. The van der Waals surface area contributed by atoms with Gasteiger partial charge in [-0.15, -0.1) is 0 Å². The number of hydrogen-bond acceptors (Lipinski definition) is 2. The average molecular weight is 325 g/mol. The van der Waals surface area contributed by atoms with Crippen LogP contribution in [0, 0.1) is 5.41 Å². The van der Waals surface area contributed by atoms with Gasteiger partial charge in [-0.1, -0.05) is 37.6 Å². The minimum atomic E-state index is -0.251. The molecule has 0 saturated heterocycles. The topological polar surface area (TPSA) is 61.4 Å². The summed E-state index contributed by atoms with van der Waals surface area (Å²) in [6.07, 6.45) is 3.62. The number of rotatable bonds is 7. The van der Waals surface area contributed by atoms with Crippen LogP contribution in [0.25, 0.3) is 0 Å². The number of halogens is 1. The highest BCUT2D eigenvalue weighted by Gasteiger charge is 2.45. The molecule has 1 saturated carbocycles. The minimum Gasteiger partial charge on any atom is -0.396 e. The van der Waals surface area contributed by atoms with E-state index in [1.807, 2.05) is 38.1 Å². The van der Waals surface area contributed by atoms with Crippen molar-refractivity contribution in [1.29, 1.82) is 0 Å². The van der Waals surface area contributed by atoms with Crippen molar-refractivity contribution in [2.75, 3.05) is 13.2 Å². The maximum absolute atomic E-state index is 12.0. The molecule has 1 aromatic carbocycles. The maximum atomic E-state index is 12.0. The highest BCUT2D eigenvalue weighted by molar-refractivity contribution is 6.30. The lowest BCUT2D eigenvalue weighted by Gasteiger charge is -2.22. The molecule has 0 heterocycles. The van der Waals surface area contributed by atoms with Gasteiger partial charge in [0.2, 0.25) is 0 Å². The molecule has 1 aliphatic carbocycles. The zero-order valence-corrected chi connectivity index (χ0v) is 14.0. The average Bonchev–Trinajstić information content (AvgIpc) is 3.24. The number of aliphatic hydroxyl groups excluding tert-OH is 1. The van der Waals surface area contributed by atoms with Crippen molar-refractivity contribution >= 4 is 17.6 Å². The Balaban J connectivity index is 1.78. The predicted molar refractivity (Wildman–Crippen MR) is 89.0 cm³/mol. The van der Waals surface area contributed by atoms with Crippen molar-refractivity contribution in [1.82, 2.24) is 10.6 Å². The van der Waals surface area contributed by atoms with Gasteiger partial charge in [-0.3, -0.25) is 0 Å². The van der Waals surface area contributed by atoms with Crippen molar-refractivity contribution in [3.8, 4) is 0 Å². The number of carbonyl (C=O) groups is 1. The zero-order chi connectivity index (χ0) is 16.2. The van der Waals surface area contributed by atoms with E-state index in [2.05, 4.69) is 10.6 Å². The van der Waals surface area contributed by atoms with E-state index in [9.17, 15) is 9.90 Å². The van der Waals surface area contributed by atoms with Crippen molar-refractivity contribution in [3.05, 3.63) is 34.9 Å². The van der Waals surface area contributed by atoms with Gasteiger partial charge in [0.05, 0.1) is 5.54 Å². The van der Waals surface area contributed by atoms with Gasteiger partial charge in [0.15, 0.2) is 0 Å². The van der Waals surface area contributed by atoms with Gasteiger partial charge in [-0.05, 0) is 48.8 Å². The molecular weight excluding hydrogens is 300 g/mol. The summed E-state index contributed by atoms with van der Waals surface area (Å²) in [5, 5.41) is 15.9. The van der Waals surface area contributed by atoms with Crippen LogP contribution in [0.5, 0.6) is 0 Å². The first-order valence-electron chi connectivity index (χ1n) is 7.80. The Morgan fingerprint density at radius 1 is 1.41 bits per heavy atom. The number of nitrogens with one attached hydrogen (secondary N) is 2. The fourth-order valence-electron chi connectivity index (χ4n) is 2.51. The van der Waals surface area contributed by atoms with E-state index < -0.39 is 0 Å². The molecule has 0 atom stereocenters. The van der Waals surface area contributed by atoms with Crippen LogP contribution < -0.4 is 10.6 Å². The van der Waals surface area contributed by atoms with Gasteiger partial charge < -0.3 is 15.7 Å². The quantitative estimate of drug-likeness (QED) is 0.673. The van der Waals surface area contributed by atoms with Gasteiger partial charge >= 0.3 is 6.03 Å². The molecule has 1 aliphatic rings. The van der Waals surface area contributed by atoms with Gasteiger partial charge in [0.1, 0.15) is 0 Å². The summed E-state index contributed by atoms with van der Waals surface area (Å²) < 4.78 is 0. The van der Waals surface area contributed by atoms with Crippen LogP contribution in [0.15, 0.2) is 24.3 Å². The molecule has 3 N–H and O–H groups in total. The summed E-state index contributed by atoms with van der Waals surface area (Å²) in [7, 11) is 0. The Hall–Kier alpha value is -1.26. The SMILES string of the molecule is CC(C)(CO)CCCNC(=O)NC1(c2cccc(Cl)c2)CC1. The number of amides is 2. The lowest BCUT2D eigenvalue weighted by Crippen LogP contribution is -2.42. The van der Waals surface area contributed by atoms with Gasteiger partial charge in [0, 0.05) is 18.2 Å². The first kappa shape index (κ1) is 17.1. The second-order valence-electron chi connectivity index (χ2n) is 6.90. The van der Waals surface area contributed by atoms with E-state index in [0.29, 0.717) is 11.6 Å². The molecule has 122 valence electrons. The smallest absolute Gasteiger partial charge is 0.315 e. The molecule has 4 nitrogen and oxygen atoms in total. The van der Waals surface area contributed by atoms with Crippen LogP contribution in [-0.2, 0) is 5.54 Å². The van der Waals surface area contributed by atoms with E-state index in [-0.39, 0.29) is 23.6 Å². The molecule has 0 aliphatic heterocycles. The fourth-order valence-corrected chi connectivity index (χ4v) is 2.70. The largest absolute Gasteiger partial charge is 0.396 e. The van der Waals surface area contributed by atoms with Crippen molar-refractivity contribution in [3.63, 3.8) is 0 Å². The van der Waals surface area contributed by atoms with Gasteiger partial charge in [-0.25, -0.2) is 4.79 Å². The zero-order valence-electron chi connectivity index (χ0n) is 13.3. The van der Waals surface area contributed by atoms with E-state index in [0.717, 1.165) is 31.2 Å². The van der Waals surface area contributed by atoms with Crippen LogP contribution in [0.1, 0.15) is 45.1 Å². The molecule has 0 bridgehead atoms. The van der Waals surface area contributed by atoms with Crippen molar-refractivity contribution in [2.24, 2.45) is 5.41 Å². The third-order valence-corrected chi connectivity index (χ3v) is 4.46. The normalized spacial score (nSPS) is 16.2. The fraction of sp³-hybridized carbons (Fsp3) is 0.588. The molecule has 5 heteroatoms. The maximum Gasteiger partial charge on any atom is 0.315 e. The molecule has 1 fully saturated rings. The molecule has 2 amide bonds. The van der Waals surface area contributed by atoms with Crippen LogP contribution in [-0.4, -0.2) is 24.3 Å². The van der Waals surface area contributed by atoms with Crippen LogP contribution in [0.4, 0.5) is 4.79 Å². The summed E-state index contributed by atoms with van der Waals surface area (Å²) in [5.74, 6) is 0. The molecule has 2 rings (SSSR count). The number of carbonyl (C=O) groups excluding carboxylic acids is 1. The summed E-state index contributed by atoms with van der Waals surface area (Å²) in [4.78, 5) is 12.0. The second-order valence-corrected chi connectivity index (χ2v) is 7.34. The van der Waals surface area contributed by atoms with E-state index in [4.69, 9.17) is 11.6 Å². The highest BCUT2D eigenvalue weighted by atomic mass is 35.5. The Kier molecular flexibility index (Phi) is 5.35. The van der Waals surface area contributed by atoms with Gasteiger partial charge in [-0.2, -0.15) is 0 Å². The number of aliphatic hydroxyl groups is 1. The summed E-state index contributed by atoms with van der Waals surface area (Å²) in [6.45, 7) is 4.81. The van der Waals surface area contributed by atoms with Crippen LogP contribution in [0.3, 0.4) is 0 Å². The highest BCUT2D eigenvalue weighted by Crippen LogP contribution is 2.45. The first-order chi connectivity index (χ1) is 10.4. The second kappa shape index (κ2) is 6.88. The van der Waals surface area contributed by atoms with E-state index in [1.54, 1.807) is 0 Å². The van der Waals surface area contributed by atoms with E-state index >= 15 is 0 Å². The Labute approximate surface area is 137 Å². The number of benzene rings is 1. The molecule has 0 aromatic heterocycles. The van der Waals surface area contributed by atoms with Crippen molar-refractivity contribution in [2.45, 2.75) is 45.1 Å².